The van der Waals surface area contributed by atoms with Gasteiger partial charge in [-0.15, -0.1) is 0 Å². The fraction of sp³-hybridized carbons (Fsp3) is 0.231. The molecule has 0 radical (unpaired) electrons. The summed E-state index contributed by atoms with van der Waals surface area (Å²) in [5.41, 5.74) is 4.55. The molecular formula is C39H37N5O5. The number of nitrogens with zero attached hydrogens (tertiary/aromatic N) is 4. The van der Waals surface area contributed by atoms with Gasteiger partial charge >= 0.3 is 0 Å². The molecule has 0 atom stereocenters. The number of ether oxygens (including phenoxy) is 3. The Balaban J connectivity index is 1.16. The molecule has 0 unspecified atom stereocenters. The van der Waals surface area contributed by atoms with Crippen molar-refractivity contribution in [2.75, 3.05) is 63.8 Å². The highest BCUT2D eigenvalue weighted by Gasteiger charge is 2.23. The molecular weight excluding hydrogens is 618 g/mol. The summed E-state index contributed by atoms with van der Waals surface area (Å²) in [7, 11) is 3.19. The lowest BCUT2D eigenvalue weighted by Crippen LogP contribution is -2.46. The quantitative estimate of drug-likeness (QED) is 0.135. The molecule has 4 aromatic carbocycles. The molecule has 49 heavy (non-hydrogen) atoms. The van der Waals surface area contributed by atoms with Crippen LogP contribution in [0.2, 0.25) is 0 Å². The molecule has 1 aliphatic heterocycles. The van der Waals surface area contributed by atoms with E-state index in [2.05, 4.69) is 67.5 Å². The first kappa shape index (κ1) is 32.0. The maximum atomic E-state index is 13.2. The van der Waals surface area contributed by atoms with E-state index in [-0.39, 0.29) is 11.6 Å². The Kier molecular flexibility index (Phi) is 9.31. The van der Waals surface area contributed by atoms with Gasteiger partial charge in [-0.1, -0.05) is 42.5 Å². The standard InChI is InChI=1S/C39H37N5O5/c1-47-18-19-49-38-23-35-33(22-37(38)48-2)39(41-25-40-35)42-34-12-10-28(20-31(34)32-21-29(45)11-13-36(32)46)44-16-14-43(15-17-44)24-27-8-5-7-26-6-3-4-9-30(26)27/h3-13,20-23,25H,14-19,24H2,1-2H3,(H,40,41,42). The third kappa shape index (κ3) is 6.87. The molecule has 1 aromatic heterocycles. The van der Waals surface area contributed by atoms with Crippen LogP contribution in [-0.2, 0) is 20.9 Å². The van der Waals surface area contributed by atoms with Gasteiger partial charge in [0.2, 0.25) is 0 Å². The predicted molar refractivity (Wildman–Crippen MR) is 192 cm³/mol. The molecule has 10 nitrogen and oxygen atoms in total. The largest absolute Gasteiger partial charge is 0.493 e. The SMILES string of the molecule is COCCOc1cc2ncnc(Nc3ccc(N4CCN(Cc5cccc6ccccc56)CC4)cc3C3=CC(=O)C=CC3=O)c2cc1OC. The van der Waals surface area contributed by atoms with Crippen LogP contribution in [0.4, 0.5) is 17.2 Å². The van der Waals surface area contributed by atoms with E-state index in [1.165, 1.54) is 40.9 Å². The molecule has 1 N–H and O–H groups in total. The number of hydrogen-bond donors (Lipinski definition) is 1. The third-order valence-electron chi connectivity index (χ3n) is 8.97. The summed E-state index contributed by atoms with van der Waals surface area (Å²) in [6, 6.07) is 24.6. The molecule has 5 aromatic rings. The number of allylic oxidation sites excluding steroid dienone is 4. The van der Waals surface area contributed by atoms with Crippen LogP contribution < -0.4 is 19.7 Å². The summed E-state index contributed by atoms with van der Waals surface area (Å²) in [5.74, 6) is 1.13. The molecule has 7 rings (SSSR count). The van der Waals surface area contributed by atoms with E-state index in [0.717, 1.165) is 38.4 Å². The predicted octanol–water partition coefficient (Wildman–Crippen LogP) is 5.97. The first-order valence-electron chi connectivity index (χ1n) is 16.3. The fourth-order valence-electron chi connectivity index (χ4n) is 6.41. The van der Waals surface area contributed by atoms with Gasteiger partial charge in [-0.3, -0.25) is 14.5 Å². The highest BCUT2D eigenvalue weighted by molar-refractivity contribution is 6.34. The van der Waals surface area contributed by atoms with Crippen molar-refractivity contribution >= 4 is 56.0 Å². The normalized spacial score (nSPS) is 15.1. The van der Waals surface area contributed by atoms with E-state index in [9.17, 15) is 9.59 Å². The topological polar surface area (TPSA) is 106 Å². The van der Waals surface area contributed by atoms with Crippen LogP contribution in [0.1, 0.15) is 11.1 Å². The van der Waals surface area contributed by atoms with Crippen LogP contribution in [0.3, 0.4) is 0 Å². The van der Waals surface area contributed by atoms with Crippen molar-refractivity contribution in [1.82, 2.24) is 14.9 Å². The maximum absolute atomic E-state index is 13.2. The number of piperazine rings is 1. The Morgan fingerprint density at radius 2 is 1.65 bits per heavy atom. The van der Waals surface area contributed by atoms with E-state index in [1.807, 2.05) is 24.3 Å². The number of carbonyl (C=O) groups excluding carboxylic acids is 2. The van der Waals surface area contributed by atoms with Crippen LogP contribution >= 0.6 is 0 Å². The Bertz CT molecular complexity index is 2100. The molecule has 2 heterocycles. The Labute approximate surface area is 284 Å². The van der Waals surface area contributed by atoms with E-state index < -0.39 is 0 Å². The van der Waals surface area contributed by atoms with Crippen molar-refractivity contribution in [3.8, 4) is 11.5 Å². The molecule has 248 valence electrons. The first-order valence-corrected chi connectivity index (χ1v) is 16.3. The number of aromatic nitrogens is 2. The minimum Gasteiger partial charge on any atom is -0.493 e. The second-order valence-corrected chi connectivity index (χ2v) is 12.0. The number of carbonyl (C=O) groups is 2. The lowest BCUT2D eigenvalue weighted by atomic mass is 9.94. The summed E-state index contributed by atoms with van der Waals surface area (Å²) in [4.78, 5) is 39.4. The molecule has 0 spiro atoms. The number of rotatable bonds is 11. The first-order chi connectivity index (χ1) is 24.0. The third-order valence-corrected chi connectivity index (χ3v) is 8.97. The van der Waals surface area contributed by atoms with Crippen molar-refractivity contribution < 1.29 is 23.8 Å². The van der Waals surface area contributed by atoms with Crippen LogP contribution in [0.15, 0.2) is 97.4 Å². The lowest BCUT2D eigenvalue weighted by molar-refractivity contribution is -0.113. The van der Waals surface area contributed by atoms with Gasteiger partial charge in [0.1, 0.15) is 18.8 Å². The Hall–Kier alpha value is -5.58. The van der Waals surface area contributed by atoms with E-state index >= 15 is 0 Å². The average molecular weight is 656 g/mol. The van der Waals surface area contributed by atoms with Crippen molar-refractivity contribution in [3.05, 3.63) is 108 Å². The minimum atomic E-state index is -0.230. The molecule has 10 heteroatoms. The average Bonchev–Trinajstić information content (AvgIpc) is 3.13. The van der Waals surface area contributed by atoms with Gasteiger partial charge in [0, 0.05) is 73.8 Å². The molecule has 1 saturated heterocycles. The van der Waals surface area contributed by atoms with E-state index in [1.54, 1.807) is 20.3 Å². The van der Waals surface area contributed by atoms with Crippen LogP contribution in [0, 0.1) is 0 Å². The van der Waals surface area contributed by atoms with Gasteiger partial charge in [0.15, 0.2) is 23.1 Å². The monoisotopic (exact) mass is 655 g/mol. The number of fused-ring (bicyclic) bond motifs is 2. The summed E-state index contributed by atoms with van der Waals surface area (Å²) in [6.45, 7) is 5.13. The fourth-order valence-corrected chi connectivity index (χ4v) is 6.41. The van der Waals surface area contributed by atoms with Crippen molar-refractivity contribution in [1.29, 1.82) is 0 Å². The number of ketones is 2. The molecule has 1 aliphatic carbocycles. The number of hydrogen-bond acceptors (Lipinski definition) is 10. The van der Waals surface area contributed by atoms with Gasteiger partial charge < -0.3 is 24.4 Å². The summed E-state index contributed by atoms with van der Waals surface area (Å²) in [6.07, 6.45) is 5.50. The van der Waals surface area contributed by atoms with Gasteiger partial charge in [-0.05, 0) is 58.8 Å². The molecule has 1 fully saturated rings. The number of nitrogens with one attached hydrogen (secondary N) is 1. The smallest absolute Gasteiger partial charge is 0.186 e. The van der Waals surface area contributed by atoms with Crippen molar-refractivity contribution in [3.63, 3.8) is 0 Å². The number of anilines is 3. The van der Waals surface area contributed by atoms with Gasteiger partial charge in [0.05, 0.1) is 19.2 Å². The summed E-state index contributed by atoms with van der Waals surface area (Å²) >= 11 is 0. The van der Waals surface area contributed by atoms with Crippen LogP contribution in [0.5, 0.6) is 11.5 Å². The zero-order chi connectivity index (χ0) is 33.7. The molecule has 0 saturated carbocycles. The molecule has 0 amide bonds. The highest BCUT2D eigenvalue weighted by atomic mass is 16.5. The Morgan fingerprint density at radius 1 is 0.816 bits per heavy atom. The summed E-state index contributed by atoms with van der Waals surface area (Å²) in [5, 5.41) is 6.68. The molecule has 0 bridgehead atoms. The van der Waals surface area contributed by atoms with Gasteiger partial charge in [-0.25, -0.2) is 9.97 Å². The van der Waals surface area contributed by atoms with Crippen LogP contribution in [0.25, 0.3) is 27.2 Å². The van der Waals surface area contributed by atoms with Gasteiger partial charge in [-0.2, -0.15) is 0 Å². The maximum Gasteiger partial charge on any atom is 0.186 e. The van der Waals surface area contributed by atoms with E-state index in [0.29, 0.717) is 58.3 Å². The van der Waals surface area contributed by atoms with Gasteiger partial charge in [0.25, 0.3) is 0 Å². The summed E-state index contributed by atoms with van der Waals surface area (Å²) < 4.78 is 16.6. The highest BCUT2D eigenvalue weighted by Crippen LogP contribution is 2.37. The molecule has 2 aliphatic rings. The van der Waals surface area contributed by atoms with E-state index in [4.69, 9.17) is 14.2 Å². The second kappa shape index (κ2) is 14.3. The van der Waals surface area contributed by atoms with Crippen LogP contribution in [-0.4, -0.2) is 80.0 Å². The zero-order valence-electron chi connectivity index (χ0n) is 27.5. The van der Waals surface area contributed by atoms with Crippen molar-refractivity contribution in [2.24, 2.45) is 0 Å². The zero-order valence-corrected chi connectivity index (χ0v) is 27.5. The Morgan fingerprint density at radius 3 is 2.49 bits per heavy atom. The van der Waals surface area contributed by atoms with Crippen molar-refractivity contribution in [2.45, 2.75) is 6.54 Å². The number of methoxy groups -OCH3 is 2. The number of benzene rings is 4. The lowest BCUT2D eigenvalue weighted by Gasteiger charge is -2.36. The minimum absolute atomic E-state index is 0.230. The second-order valence-electron chi connectivity index (χ2n) is 12.0.